The van der Waals surface area contributed by atoms with Crippen LogP contribution in [-0.2, 0) is 9.53 Å². The summed E-state index contributed by atoms with van der Waals surface area (Å²) >= 11 is 0. The molecule has 0 aromatic heterocycles. The maximum absolute atomic E-state index is 11.7. The van der Waals surface area contributed by atoms with Crippen molar-refractivity contribution in [1.29, 1.82) is 0 Å². The lowest BCUT2D eigenvalue weighted by Gasteiger charge is -2.23. The molecule has 0 saturated heterocycles. The number of rotatable bonds is 10. The molecule has 0 aliphatic heterocycles. The summed E-state index contributed by atoms with van der Waals surface area (Å²) < 4.78 is 5.48. The van der Waals surface area contributed by atoms with Crippen LogP contribution in [0.5, 0.6) is 0 Å². The van der Waals surface area contributed by atoms with Crippen molar-refractivity contribution < 1.29 is 9.53 Å². The van der Waals surface area contributed by atoms with Gasteiger partial charge in [-0.1, -0.05) is 27.7 Å². The van der Waals surface area contributed by atoms with Crippen molar-refractivity contribution in [3.63, 3.8) is 0 Å². The Labute approximate surface area is 112 Å². The minimum absolute atomic E-state index is 0.0538. The summed E-state index contributed by atoms with van der Waals surface area (Å²) in [5.41, 5.74) is 0. The Morgan fingerprint density at radius 1 is 1.17 bits per heavy atom. The van der Waals surface area contributed by atoms with Crippen LogP contribution in [0.25, 0.3) is 0 Å². The highest BCUT2D eigenvalue weighted by Crippen LogP contribution is 2.10. The van der Waals surface area contributed by atoms with Crippen LogP contribution in [0.3, 0.4) is 0 Å². The van der Waals surface area contributed by atoms with Gasteiger partial charge in [0.15, 0.2) is 0 Å². The van der Waals surface area contributed by atoms with E-state index in [0.717, 1.165) is 32.6 Å². The smallest absolute Gasteiger partial charge is 0.222 e. The third-order valence-corrected chi connectivity index (χ3v) is 2.96. The van der Waals surface area contributed by atoms with Gasteiger partial charge >= 0.3 is 0 Å². The normalized spacial score (nSPS) is 13.1. The number of nitrogens with one attached hydrogen (secondary N) is 2. The van der Waals surface area contributed by atoms with Crippen LogP contribution >= 0.6 is 0 Å². The third-order valence-electron chi connectivity index (χ3n) is 2.96. The van der Waals surface area contributed by atoms with Gasteiger partial charge < -0.3 is 15.4 Å². The third kappa shape index (κ3) is 8.48. The van der Waals surface area contributed by atoms with E-state index in [1.54, 1.807) is 0 Å². The molecule has 0 aliphatic carbocycles. The molecule has 1 atom stereocenters. The fraction of sp³-hybridized carbons (Fsp3) is 0.929. The molecule has 0 bridgehead atoms. The monoisotopic (exact) mass is 258 g/mol. The van der Waals surface area contributed by atoms with Crippen LogP contribution in [0.4, 0.5) is 0 Å². The van der Waals surface area contributed by atoms with E-state index >= 15 is 0 Å². The minimum atomic E-state index is 0.0538. The van der Waals surface area contributed by atoms with Crippen LogP contribution < -0.4 is 10.6 Å². The van der Waals surface area contributed by atoms with Crippen molar-refractivity contribution in [2.45, 2.75) is 46.6 Å². The molecule has 1 unspecified atom stereocenters. The van der Waals surface area contributed by atoms with E-state index in [-0.39, 0.29) is 17.9 Å². The van der Waals surface area contributed by atoms with Gasteiger partial charge in [0.1, 0.15) is 0 Å². The quantitative estimate of drug-likeness (QED) is 0.588. The van der Waals surface area contributed by atoms with Gasteiger partial charge in [0.05, 0.1) is 6.61 Å². The number of ether oxygens (including phenoxy) is 1. The van der Waals surface area contributed by atoms with Gasteiger partial charge in [0.25, 0.3) is 0 Å². The Morgan fingerprint density at radius 3 is 2.33 bits per heavy atom. The first-order valence-corrected chi connectivity index (χ1v) is 7.01. The van der Waals surface area contributed by atoms with E-state index in [1.807, 2.05) is 20.9 Å². The summed E-state index contributed by atoms with van der Waals surface area (Å²) in [6, 6.07) is 0.257. The number of likely N-dealkylation sites (N-methyl/N-ethyl adjacent to an activating group) is 1. The molecule has 0 aromatic rings. The van der Waals surface area contributed by atoms with Gasteiger partial charge in [-0.2, -0.15) is 0 Å². The topological polar surface area (TPSA) is 50.4 Å². The zero-order chi connectivity index (χ0) is 14.0. The Kier molecular flexibility index (Phi) is 9.98. The number of carbonyl (C=O) groups is 1. The van der Waals surface area contributed by atoms with Crippen LogP contribution in [0.15, 0.2) is 0 Å². The second-order valence-electron chi connectivity index (χ2n) is 5.37. The van der Waals surface area contributed by atoms with E-state index in [4.69, 9.17) is 4.74 Å². The van der Waals surface area contributed by atoms with Gasteiger partial charge in [-0.25, -0.2) is 0 Å². The molecule has 18 heavy (non-hydrogen) atoms. The SMILES string of the molecule is CNCCOCCCC(NC(=O)C(C)C)C(C)C. The second-order valence-corrected chi connectivity index (χ2v) is 5.37. The zero-order valence-corrected chi connectivity index (χ0v) is 12.6. The maximum Gasteiger partial charge on any atom is 0.222 e. The number of amides is 1. The molecule has 0 spiro atoms. The second kappa shape index (κ2) is 10.3. The van der Waals surface area contributed by atoms with Crippen molar-refractivity contribution in [3.05, 3.63) is 0 Å². The molecule has 1 amide bonds. The highest BCUT2D eigenvalue weighted by Gasteiger charge is 2.17. The first-order valence-electron chi connectivity index (χ1n) is 7.01. The predicted molar refractivity (Wildman–Crippen MR) is 75.6 cm³/mol. The molecular formula is C14H30N2O2. The van der Waals surface area contributed by atoms with Gasteiger partial charge in [-0.05, 0) is 25.8 Å². The summed E-state index contributed by atoms with van der Waals surface area (Å²) in [5, 5.41) is 6.15. The fourth-order valence-corrected chi connectivity index (χ4v) is 1.60. The summed E-state index contributed by atoms with van der Waals surface area (Å²) in [7, 11) is 1.92. The molecular weight excluding hydrogens is 228 g/mol. The van der Waals surface area contributed by atoms with Crippen molar-refractivity contribution in [1.82, 2.24) is 10.6 Å². The summed E-state index contributed by atoms with van der Waals surface area (Å²) in [5.74, 6) is 0.660. The van der Waals surface area contributed by atoms with Gasteiger partial charge in [-0.3, -0.25) is 4.79 Å². The van der Waals surface area contributed by atoms with Crippen LogP contribution in [0, 0.1) is 11.8 Å². The summed E-state index contributed by atoms with van der Waals surface area (Å²) in [6.07, 6.45) is 1.97. The summed E-state index contributed by atoms with van der Waals surface area (Å²) in [6.45, 7) is 10.5. The van der Waals surface area contributed by atoms with Gasteiger partial charge in [0.2, 0.25) is 5.91 Å². The molecule has 2 N–H and O–H groups in total. The van der Waals surface area contributed by atoms with Crippen LogP contribution in [0.1, 0.15) is 40.5 Å². The largest absolute Gasteiger partial charge is 0.380 e. The fourth-order valence-electron chi connectivity index (χ4n) is 1.60. The van der Waals surface area contributed by atoms with E-state index in [9.17, 15) is 4.79 Å². The predicted octanol–water partition coefficient (Wildman–Crippen LogP) is 1.80. The molecule has 0 aromatic carbocycles. The average molecular weight is 258 g/mol. The average Bonchev–Trinajstić information content (AvgIpc) is 2.31. The highest BCUT2D eigenvalue weighted by molar-refractivity contribution is 5.78. The van der Waals surface area contributed by atoms with Crippen LogP contribution in [0.2, 0.25) is 0 Å². The standard InChI is InChI=1S/C14H30N2O2/c1-11(2)13(16-14(17)12(3)4)7-6-9-18-10-8-15-5/h11-13,15H,6-10H2,1-5H3,(H,16,17). The van der Waals surface area contributed by atoms with E-state index in [1.165, 1.54) is 0 Å². The van der Waals surface area contributed by atoms with Crippen molar-refractivity contribution in [3.8, 4) is 0 Å². The molecule has 0 radical (unpaired) electrons. The molecule has 0 saturated carbocycles. The van der Waals surface area contributed by atoms with E-state index < -0.39 is 0 Å². The molecule has 108 valence electrons. The Hall–Kier alpha value is -0.610. The first-order chi connectivity index (χ1) is 8.49. The van der Waals surface area contributed by atoms with Gasteiger partial charge in [-0.15, -0.1) is 0 Å². The number of hydrogen-bond donors (Lipinski definition) is 2. The highest BCUT2D eigenvalue weighted by atomic mass is 16.5. The first kappa shape index (κ1) is 17.4. The lowest BCUT2D eigenvalue weighted by Crippen LogP contribution is -2.40. The number of carbonyl (C=O) groups excluding carboxylic acids is 1. The minimum Gasteiger partial charge on any atom is -0.380 e. The molecule has 0 aliphatic rings. The Bertz CT molecular complexity index is 218. The molecule has 4 nitrogen and oxygen atoms in total. The van der Waals surface area contributed by atoms with Crippen molar-refractivity contribution >= 4 is 5.91 Å². The molecule has 0 rings (SSSR count). The van der Waals surface area contributed by atoms with Crippen molar-refractivity contribution in [2.24, 2.45) is 11.8 Å². The van der Waals surface area contributed by atoms with Crippen molar-refractivity contribution in [2.75, 3.05) is 26.8 Å². The van der Waals surface area contributed by atoms with Crippen LogP contribution in [-0.4, -0.2) is 38.8 Å². The van der Waals surface area contributed by atoms with E-state index in [0.29, 0.717) is 5.92 Å². The summed E-state index contributed by atoms with van der Waals surface area (Å²) in [4.78, 5) is 11.7. The Balaban J connectivity index is 3.81. The zero-order valence-electron chi connectivity index (χ0n) is 12.6. The number of hydrogen-bond acceptors (Lipinski definition) is 3. The molecule has 0 heterocycles. The van der Waals surface area contributed by atoms with Gasteiger partial charge in [0, 0.05) is 25.1 Å². The molecule has 0 fully saturated rings. The molecule has 4 heteroatoms. The Morgan fingerprint density at radius 2 is 1.83 bits per heavy atom. The maximum atomic E-state index is 11.7. The lowest BCUT2D eigenvalue weighted by atomic mass is 9.98. The van der Waals surface area contributed by atoms with E-state index in [2.05, 4.69) is 24.5 Å². The lowest BCUT2D eigenvalue weighted by molar-refractivity contribution is -0.125.